The van der Waals surface area contributed by atoms with Gasteiger partial charge in [-0.2, -0.15) is 0 Å². The summed E-state index contributed by atoms with van der Waals surface area (Å²) in [6, 6.07) is 74.5. The number of rotatable bonds is 18. The van der Waals surface area contributed by atoms with Crippen LogP contribution in [0.15, 0.2) is 218 Å². The number of hydrogen-bond donors (Lipinski definition) is 6. The van der Waals surface area contributed by atoms with Crippen molar-refractivity contribution in [2.45, 2.75) is 233 Å². The third-order valence-corrected chi connectivity index (χ3v) is 30.8. The highest BCUT2D eigenvalue weighted by Gasteiger charge is 2.45. The zero-order chi connectivity index (χ0) is 91.6. The molecule has 0 amide bonds. The van der Waals surface area contributed by atoms with E-state index in [4.69, 9.17) is 28.4 Å². The summed E-state index contributed by atoms with van der Waals surface area (Å²) in [6.07, 6.45) is 2.79. The van der Waals surface area contributed by atoms with Crippen molar-refractivity contribution in [2.75, 3.05) is 40.4 Å². The number of nitrogens with zero attached hydrogens (tertiary/aromatic N) is 6. The zero-order valence-corrected chi connectivity index (χ0v) is 78.3. The first-order chi connectivity index (χ1) is 64.2. The highest BCUT2D eigenvalue weighted by molar-refractivity contribution is 5.71. The molecule has 12 atom stereocenters. The lowest BCUT2D eigenvalue weighted by molar-refractivity contribution is 0.0584. The van der Waals surface area contributed by atoms with Crippen LogP contribution in [0.2, 0.25) is 0 Å². The van der Waals surface area contributed by atoms with Crippen LogP contribution in [0.4, 0.5) is 0 Å². The lowest BCUT2D eigenvalue weighted by atomic mass is 9.75. The van der Waals surface area contributed by atoms with Crippen LogP contribution in [0.3, 0.4) is 0 Å². The van der Waals surface area contributed by atoms with E-state index >= 15 is 0 Å². The molecule has 0 aromatic heterocycles. The van der Waals surface area contributed by atoms with E-state index < -0.39 is 35.5 Å². The molecule has 0 saturated heterocycles. The molecule has 19 rings (SSSR count). The third kappa shape index (κ3) is 16.0. The first-order valence-electron chi connectivity index (χ1n) is 48.0. The van der Waals surface area contributed by atoms with Crippen LogP contribution in [0.25, 0.3) is 0 Å². The van der Waals surface area contributed by atoms with Gasteiger partial charge in [-0.25, -0.2) is 0 Å². The number of phenols is 6. The van der Waals surface area contributed by atoms with Crippen molar-refractivity contribution >= 4 is 0 Å². The second-order valence-corrected chi connectivity index (χ2v) is 37.7. The topological polar surface area (TPSA) is 196 Å². The molecule has 7 aliphatic rings. The van der Waals surface area contributed by atoms with E-state index in [9.17, 15) is 30.6 Å². The summed E-state index contributed by atoms with van der Waals surface area (Å²) < 4.78 is 44.2. The van der Waals surface area contributed by atoms with Crippen LogP contribution < -0.4 is 28.4 Å². The van der Waals surface area contributed by atoms with E-state index in [1.165, 1.54) is 0 Å². The summed E-state index contributed by atoms with van der Waals surface area (Å²) >= 11 is 0. The van der Waals surface area contributed by atoms with Crippen LogP contribution in [0.5, 0.6) is 69.0 Å². The summed E-state index contributed by atoms with van der Waals surface area (Å²) in [5.74, 6) is 0.158. The Hall–Kier alpha value is -12.0. The van der Waals surface area contributed by atoms with E-state index in [1.807, 2.05) is 36.4 Å². The Bertz CT molecular complexity index is 5240. The summed E-state index contributed by atoms with van der Waals surface area (Å²) in [6.45, 7) is 29.1. The minimum atomic E-state index is -0.607. The molecule has 0 fully saturated rings. The maximum atomic E-state index is 14.1. The Balaban J connectivity index is 0.913. The van der Waals surface area contributed by atoms with Crippen LogP contribution >= 0.6 is 0 Å². The predicted octanol–water partition coefficient (Wildman–Crippen LogP) is 25.0. The molecule has 18 nitrogen and oxygen atoms in total. The van der Waals surface area contributed by atoms with Gasteiger partial charge in [0.15, 0.2) is 0 Å². The summed E-state index contributed by atoms with van der Waals surface area (Å²) in [5, 5.41) is 84.9. The van der Waals surface area contributed by atoms with Crippen molar-refractivity contribution < 1.29 is 59.1 Å². The number of benzene rings is 12. The summed E-state index contributed by atoms with van der Waals surface area (Å²) in [5.41, 5.74) is 18.8. The second kappa shape index (κ2) is 37.6. The van der Waals surface area contributed by atoms with Gasteiger partial charge in [0.25, 0.3) is 0 Å². The SMILES string of the molecule is CCC1c2cc(c3c(c2O)CN([C@H](C)c2ccccc2)CO3)C(CC)c2cc(c3c(c2O)CN([C@H](C)c2ccccc2)CO3)C(CC)c2cc(c3c(c2O)CN([C@H](C)c2ccccc2)CO3)C(CC)c2cc(c3c(c2O)CN([C@H](C)c2ccccc2)CO3)C(CC)c2cc(c3c(c2O)CN([C@H](C)c2ccccc2)CO3)C(CC)c2cc1c1c(c2O)CN([C@H](C)c2ccccc2)CO1. The molecular weight excluding hydrogens is 1650 g/mol. The molecule has 18 heteroatoms. The Kier molecular flexibility index (Phi) is 25.4. The highest BCUT2D eigenvalue weighted by atomic mass is 16.5. The Morgan fingerprint density at radius 1 is 0.212 bits per heavy atom. The van der Waals surface area contributed by atoms with Crippen molar-refractivity contribution in [1.82, 2.24) is 29.4 Å². The van der Waals surface area contributed by atoms with Crippen LogP contribution in [0, 0.1) is 0 Å². The van der Waals surface area contributed by atoms with E-state index in [0.717, 1.165) is 66.8 Å². The lowest BCUT2D eigenvalue weighted by Gasteiger charge is -2.40. The number of phenolic OH excluding ortho intramolecular Hbond substituents is 6. The fraction of sp³-hybridized carbons (Fsp3) is 0.368. The molecule has 1 aliphatic carbocycles. The monoisotopic (exact) mass is 1770 g/mol. The number of aromatic hydroxyl groups is 6. The molecule has 12 aromatic carbocycles. The molecule has 0 radical (unpaired) electrons. The fourth-order valence-electron chi connectivity index (χ4n) is 22.8. The standard InChI is InChI=1S/C114H126N6O12/c1-13-79-85-49-92(110-97(103(85)121)55-115(62-128-110)67(7)73-37-25-19-26-38-73)81(15-3)87-51-94(112-99(105(87)123)57-117(64-130-112)69(9)75-41-29-21-30-42-75)83(17-5)89-53-96(114-101(107(89)125)59-119(66-132-114)71(11)77-45-33-23-34-46-77)84(18-6)90-54-95(113-102(108(90)126)60-120(65-131-113)72(12)78-47-35-24-36-48-78)82(16-4)88-52-93(111-100(106(88)124)58-118(63-129-111)70(10)76-43-31-22-32-44-76)80(14-2)86-50-91(79)109-98(104(86)122)56-116(61-127-109)68(8)74-39-27-20-28-40-74/h19-54,67-72,79-84,121-126H,13-18,55-66H2,1-12H3/t67-,68-,69-,70-,71-,72-,79?,80?,81?,82?,83?,84?/m1/s1. The fourth-order valence-corrected chi connectivity index (χ4v) is 22.8. The first-order valence-corrected chi connectivity index (χ1v) is 48.0. The van der Waals surface area contributed by atoms with Gasteiger partial charge in [0.05, 0.1) is 33.4 Å². The molecule has 6 aliphatic heterocycles. The van der Waals surface area contributed by atoms with Gasteiger partial charge in [-0.05, 0) is 150 Å². The Labute approximate surface area is 777 Å². The van der Waals surface area contributed by atoms with Crippen molar-refractivity contribution in [3.05, 3.63) is 352 Å². The normalized spacial score (nSPS) is 20.7. The maximum Gasteiger partial charge on any atom is 0.142 e. The van der Waals surface area contributed by atoms with Gasteiger partial charge in [-0.3, -0.25) is 29.4 Å². The van der Waals surface area contributed by atoms with E-state index in [2.05, 4.69) is 294 Å². The molecule has 6 heterocycles. The Morgan fingerprint density at radius 3 is 0.462 bits per heavy atom. The van der Waals surface area contributed by atoms with E-state index in [1.54, 1.807) is 0 Å². The van der Waals surface area contributed by atoms with Gasteiger partial charge >= 0.3 is 0 Å². The highest BCUT2D eigenvalue weighted by Crippen LogP contribution is 2.61. The van der Waals surface area contributed by atoms with Crippen LogP contribution in [0.1, 0.15) is 327 Å². The van der Waals surface area contributed by atoms with Crippen LogP contribution in [-0.4, -0.2) is 100 Å². The van der Waals surface area contributed by atoms with Crippen LogP contribution in [-0.2, 0) is 39.3 Å². The molecule has 684 valence electrons. The van der Waals surface area contributed by atoms with Gasteiger partial charge < -0.3 is 59.1 Å². The number of fused-ring (bicyclic) bond motifs is 24. The van der Waals surface area contributed by atoms with Crippen molar-refractivity contribution in [1.29, 1.82) is 0 Å². The largest absolute Gasteiger partial charge is 0.507 e. The molecule has 132 heavy (non-hydrogen) atoms. The molecule has 12 aromatic rings. The minimum absolute atomic E-state index is 0.0880. The van der Waals surface area contributed by atoms with Gasteiger partial charge in [-0.15, -0.1) is 0 Å². The van der Waals surface area contributed by atoms with Crippen molar-refractivity contribution in [3.63, 3.8) is 0 Å². The maximum absolute atomic E-state index is 14.1. The van der Waals surface area contributed by atoms with Gasteiger partial charge in [0.2, 0.25) is 0 Å². The van der Waals surface area contributed by atoms with Gasteiger partial charge in [0.1, 0.15) is 109 Å². The molecule has 6 N–H and O–H groups in total. The quantitative estimate of drug-likeness (QED) is 0.0474. The first kappa shape index (κ1) is 89.2. The number of hydrogen-bond acceptors (Lipinski definition) is 18. The zero-order valence-electron chi connectivity index (χ0n) is 78.3. The lowest BCUT2D eigenvalue weighted by Crippen LogP contribution is -2.36. The molecule has 12 bridgehead atoms. The van der Waals surface area contributed by atoms with Crippen molar-refractivity contribution in [3.8, 4) is 69.0 Å². The van der Waals surface area contributed by atoms with Crippen molar-refractivity contribution in [2.24, 2.45) is 0 Å². The Morgan fingerprint density at radius 2 is 0.341 bits per heavy atom. The molecule has 0 spiro atoms. The molecule has 0 saturated carbocycles. The average Bonchev–Trinajstić information content (AvgIpc) is 0.727. The second-order valence-electron chi connectivity index (χ2n) is 37.7. The minimum Gasteiger partial charge on any atom is -0.507 e. The van der Waals surface area contributed by atoms with Gasteiger partial charge in [-0.1, -0.05) is 224 Å². The van der Waals surface area contributed by atoms with E-state index in [0.29, 0.717) is 179 Å². The van der Waals surface area contributed by atoms with Gasteiger partial charge in [0, 0.05) is 178 Å². The average molecular weight is 1770 g/mol. The summed E-state index contributed by atoms with van der Waals surface area (Å²) in [4.78, 5) is 13.6. The predicted molar refractivity (Wildman–Crippen MR) is 517 cm³/mol. The third-order valence-electron chi connectivity index (χ3n) is 30.8. The molecular formula is C114H126N6O12. The number of ether oxygens (including phenoxy) is 6. The van der Waals surface area contributed by atoms with E-state index in [-0.39, 0.29) is 111 Å². The molecule has 6 unspecified atom stereocenters. The smallest absolute Gasteiger partial charge is 0.142 e. The summed E-state index contributed by atoms with van der Waals surface area (Å²) in [7, 11) is 0.